The predicted molar refractivity (Wildman–Crippen MR) is 75.9 cm³/mol. The monoisotopic (exact) mass is 257 g/mol. The lowest BCUT2D eigenvalue weighted by molar-refractivity contribution is 0.0545. The van der Waals surface area contributed by atoms with E-state index in [9.17, 15) is 0 Å². The number of rotatable bonds is 9. The molecule has 3 heteroatoms. The Hall–Kier alpha value is -0.120. The van der Waals surface area contributed by atoms with Crippen molar-refractivity contribution in [2.45, 2.75) is 52.0 Å². The van der Waals surface area contributed by atoms with Crippen LogP contribution in [0.15, 0.2) is 0 Å². The highest BCUT2D eigenvalue weighted by Crippen LogP contribution is 2.33. The van der Waals surface area contributed by atoms with Gasteiger partial charge >= 0.3 is 0 Å². The lowest BCUT2D eigenvalue weighted by Gasteiger charge is -2.36. The van der Waals surface area contributed by atoms with Crippen LogP contribution in [0, 0.1) is 11.8 Å². The first-order chi connectivity index (χ1) is 8.81. The third kappa shape index (κ3) is 5.68. The lowest BCUT2D eigenvalue weighted by atomic mass is 9.75. The normalized spacial score (nSPS) is 28.5. The zero-order valence-electron chi connectivity index (χ0n) is 12.4. The minimum absolute atomic E-state index is 0.707. The Morgan fingerprint density at radius 2 is 1.94 bits per heavy atom. The summed E-state index contributed by atoms with van der Waals surface area (Å²) in [5, 5.41) is 3.65. The molecule has 0 bridgehead atoms. The van der Waals surface area contributed by atoms with Gasteiger partial charge in [-0.2, -0.15) is 0 Å². The summed E-state index contributed by atoms with van der Waals surface area (Å²) in [5.41, 5.74) is 0. The minimum atomic E-state index is 0.707. The van der Waals surface area contributed by atoms with Crippen molar-refractivity contribution >= 4 is 0 Å². The lowest BCUT2D eigenvalue weighted by Crippen LogP contribution is -2.41. The predicted octanol–water partition coefficient (Wildman–Crippen LogP) is 2.84. The van der Waals surface area contributed by atoms with Crippen molar-refractivity contribution < 1.29 is 9.47 Å². The van der Waals surface area contributed by atoms with Gasteiger partial charge in [0.2, 0.25) is 0 Å². The molecule has 1 N–H and O–H groups in total. The van der Waals surface area contributed by atoms with E-state index in [-0.39, 0.29) is 0 Å². The fourth-order valence-corrected chi connectivity index (χ4v) is 3.06. The van der Waals surface area contributed by atoms with Crippen molar-refractivity contribution in [2.24, 2.45) is 11.8 Å². The fourth-order valence-electron chi connectivity index (χ4n) is 3.06. The second-order valence-corrected chi connectivity index (χ2v) is 5.41. The summed E-state index contributed by atoms with van der Waals surface area (Å²) in [7, 11) is 1.72. The van der Waals surface area contributed by atoms with Gasteiger partial charge in [-0.1, -0.05) is 20.3 Å². The Morgan fingerprint density at radius 1 is 1.11 bits per heavy atom. The van der Waals surface area contributed by atoms with Gasteiger partial charge in [-0.3, -0.25) is 0 Å². The molecule has 3 atom stereocenters. The zero-order valence-corrected chi connectivity index (χ0v) is 12.4. The quantitative estimate of drug-likeness (QED) is 0.644. The molecule has 1 saturated carbocycles. The summed E-state index contributed by atoms with van der Waals surface area (Å²) in [6.45, 7) is 7.93. The second-order valence-electron chi connectivity index (χ2n) is 5.41. The number of ether oxygens (including phenoxy) is 2. The van der Waals surface area contributed by atoms with Gasteiger partial charge in [0.15, 0.2) is 0 Å². The molecular weight excluding hydrogens is 226 g/mol. The molecule has 1 aliphatic rings. The van der Waals surface area contributed by atoms with Crippen molar-refractivity contribution in [2.75, 3.05) is 33.5 Å². The molecule has 108 valence electrons. The summed E-state index contributed by atoms with van der Waals surface area (Å²) in [6, 6.07) is 0.712. The Labute approximate surface area is 113 Å². The SMILES string of the molecule is CCNC1CCC(CC)CC1CCOCCOC. The van der Waals surface area contributed by atoms with Gasteiger partial charge in [0.05, 0.1) is 13.2 Å². The Balaban J connectivity index is 2.26. The van der Waals surface area contributed by atoms with Crippen molar-refractivity contribution in [3.63, 3.8) is 0 Å². The van der Waals surface area contributed by atoms with Gasteiger partial charge in [0, 0.05) is 19.8 Å². The summed E-state index contributed by atoms with van der Waals surface area (Å²) in [5.74, 6) is 1.73. The molecular formula is C15H31NO2. The van der Waals surface area contributed by atoms with Crippen LogP contribution in [-0.4, -0.2) is 39.5 Å². The molecule has 0 aromatic rings. The molecule has 1 fully saturated rings. The van der Waals surface area contributed by atoms with Gasteiger partial charge < -0.3 is 14.8 Å². The highest BCUT2D eigenvalue weighted by molar-refractivity contribution is 4.84. The Bertz CT molecular complexity index is 199. The van der Waals surface area contributed by atoms with Crippen LogP contribution in [0.5, 0.6) is 0 Å². The largest absolute Gasteiger partial charge is 0.382 e. The second kappa shape index (κ2) is 9.76. The molecule has 0 amide bonds. The highest BCUT2D eigenvalue weighted by atomic mass is 16.5. The van der Waals surface area contributed by atoms with E-state index in [1.165, 1.54) is 32.1 Å². The fraction of sp³-hybridized carbons (Fsp3) is 1.00. The van der Waals surface area contributed by atoms with E-state index in [1.54, 1.807) is 7.11 Å². The van der Waals surface area contributed by atoms with Crippen LogP contribution in [-0.2, 0) is 9.47 Å². The van der Waals surface area contributed by atoms with Gasteiger partial charge in [-0.05, 0) is 44.1 Å². The topological polar surface area (TPSA) is 30.5 Å². The van der Waals surface area contributed by atoms with Gasteiger partial charge in [0.25, 0.3) is 0 Å². The molecule has 1 aliphatic carbocycles. The summed E-state index contributed by atoms with van der Waals surface area (Å²) in [4.78, 5) is 0. The van der Waals surface area contributed by atoms with E-state index in [0.29, 0.717) is 12.6 Å². The van der Waals surface area contributed by atoms with E-state index in [0.717, 1.165) is 31.6 Å². The Kier molecular flexibility index (Phi) is 8.64. The van der Waals surface area contributed by atoms with Gasteiger partial charge in [-0.15, -0.1) is 0 Å². The zero-order chi connectivity index (χ0) is 13.2. The molecule has 3 nitrogen and oxygen atoms in total. The maximum absolute atomic E-state index is 5.62. The van der Waals surface area contributed by atoms with Gasteiger partial charge in [-0.25, -0.2) is 0 Å². The molecule has 0 aromatic heterocycles. The summed E-state index contributed by atoms with van der Waals surface area (Å²) < 4.78 is 10.6. The molecule has 3 unspecified atom stereocenters. The first-order valence-corrected chi connectivity index (χ1v) is 7.61. The number of hydrogen-bond donors (Lipinski definition) is 1. The molecule has 0 aromatic carbocycles. The number of hydrogen-bond acceptors (Lipinski definition) is 3. The summed E-state index contributed by atoms with van der Waals surface area (Å²) in [6.07, 6.45) is 6.64. The standard InChI is InChI=1S/C15H31NO2/c1-4-13-6-7-15(16-5-2)14(12-13)8-9-18-11-10-17-3/h13-16H,4-12H2,1-3H3. The Morgan fingerprint density at radius 3 is 2.61 bits per heavy atom. The molecule has 0 heterocycles. The molecule has 0 spiro atoms. The molecule has 1 rings (SSSR count). The van der Waals surface area contributed by atoms with E-state index in [4.69, 9.17) is 9.47 Å². The van der Waals surface area contributed by atoms with Crippen LogP contribution in [0.25, 0.3) is 0 Å². The van der Waals surface area contributed by atoms with Gasteiger partial charge in [0.1, 0.15) is 0 Å². The van der Waals surface area contributed by atoms with Crippen LogP contribution >= 0.6 is 0 Å². The third-order valence-corrected chi connectivity index (χ3v) is 4.20. The van der Waals surface area contributed by atoms with Crippen molar-refractivity contribution in [3.8, 4) is 0 Å². The van der Waals surface area contributed by atoms with Crippen LogP contribution in [0.4, 0.5) is 0 Å². The van der Waals surface area contributed by atoms with Crippen LogP contribution in [0.3, 0.4) is 0 Å². The van der Waals surface area contributed by atoms with Crippen LogP contribution in [0.1, 0.15) is 46.0 Å². The molecule has 0 aliphatic heterocycles. The molecule has 0 radical (unpaired) electrons. The van der Waals surface area contributed by atoms with Crippen LogP contribution in [0.2, 0.25) is 0 Å². The molecule has 18 heavy (non-hydrogen) atoms. The van der Waals surface area contributed by atoms with Crippen molar-refractivity contribution in [3.05, 3.63) is 0 Å². The smallest absolute Gasteiger partial charge is 0.0700 e. The first kappa shape index (κ1) is 15.9. The average Bonchev–Trinajstić information content (AvgIpc) is 2.40. The van der Waals surface area contributed by atoms with Crippen LogP contribution < -0.4 is 5.32 Å². The highest BCUT2D eigenvalue weighted by Gasteiger charge is 2.28. The van der Waals surface area contributed by atoms with E-state index < -0.39 is 0 Å². The number of methoxy groups -OCH3 is 1. The van der Waals surface area contributed by atoms with E-state index >= 15 is 0 Å². The third-order valence-electron chi connectivity index (χ3n) is 4.20. The van der Waals surface area contributed by atoms with Crippen molar-refractivity contribution in [1.82, 2.24) is 5.32 Å². The maximum Gasteiger partial charge on any atom is 0.0700 e. The average molecular weight is 257 g/mol. The van der Waals surface area contributed by atoms with Crippen molar-refractivity contribution in [1.29, 1.82) is 0 Å². The first-order valence-electron chi connectivity index (χ1n) is 7.61. The summed E-state index contributed by atoms with van der Waals surface area (Å²) >= 11 is 0. The molecule has 0 saturated heterocycles. The minimum Gasteiger partial charge on any atom is -0.382 e. The van der Waals surface area contributed by atoms with E-state index in [1.807, 2.05) is 0 Å². The maximum atomic E-state index is 5.62. The van der Waals surface area contributed by atoms with E-state index in [2.05, 4.69) is 19.2 Å². The number of nitrogens with one attached hydrogen (secondary N) is 1.